The van der Waals surface area contributed by atoms with E-state index in [1.54, 1.807) is 60.9 Å². The Balaban J connectivity index is 0.000000379. The second-order valence-electron chi connectivity index (χ2n) is 11.1. The van der Waals surface area contributed by atoms with Crippen LogP contribution in [0.15, 0.2) is 86.0 Å². The zero-order chi connectivity index (χ0) is 38.0. The van der Waals surface area contributed by atoms with Crippen LogP contribution in [-0.2, 0) is 0 Å². The van der Waals surface area contributed by atoms with Crippen LogP contribution in [0.5, 0.6) is 34.5 Å². The van der Waals surface area contributed by atoms with Gasteiger partial charge in [0, 0.05) is 16.7 Å². The van der Waals surface area contributed by atoms with Gasteiger partial charge < -0.3 is 48.6 Å². The van der Waals surface area contributed by atoms with Gasteiger partial charge >= 0.3 is 23.1 Å². The smallest absolute Gasteiger partial charge is 0.591 e. The van der Waals surface area contributed by atoms with E-state index in [4.69, 9.17) is 41.7 Å². The normalized spacial score (nSPS) is 9.61. The molecule has 286 valence electrons. The van der Waals surface area contributed by atoms with Gasteiger partial charge in [-0.2, -0.15) is 24.6 Å². The van der Waals surface area contributed by atoms with E-state index in [9.17, 15) is 0 Å². The first-order chi connectivity index (χ1) is 25.2. The molecule has 6 aromatic rings. The van der Waals surface area contributed by atoms with Gasteiger partial charge in [0.1, 0.15) is 34.5 Å². The van der Waals surface area contributed by atoms with E-state index in [1.165, 1.54) is 6.42 Å². The monoisotopic (exact) mass is 748 g/mol. The predicted octanol–water partition coefficient (Wildman–Crippen LogP) is 11.1. The van der Waals surface area contributed by atoms with Gasteiger partial charge in [0.15, 0.2) is 0 Å². The number of methoxy groups -OCH3 is 6. The molecule has 0 aliphatic rings. The minimum absolute atomic E-state index is 0. The molecule has 0 amide bonds. The summed E-state index contributed by atoms with van der Waals surface area (Å²) < 4.78 is 47.4. The van der Waals surface area contributed by atoms with E-state index < -0.39 is 0 Å². The third kappa shape index (κ3) is 12.6. The van der Waals surface area contributed by atoms with Crippen molar-refractivity contribution < 1.29 is 41.7 Å². The largest absolute Gasteiger partial charge is 2.00 e. The fraction of sp³-hybridized carbons (Fsp3) is 0.295. The fourth-order valence-electron chi connectivity index (χ4n) is 4.87. The minimum atomic E-state index is 0. The van der Waals surface area contributed by atoms with Crippen molar-refractivity contribution in [3.05, 3.63) is 115 Å². The second kappa shape index (κ2) is 24.4. The zero-order valence-corrected chi connectivity index (χ0v) is 33.8. The molecule has 0 N–H and O–H groups in total. The number of benzene rings is 3. The molecule has 54 heavy (non-hydrogen) atoms. The van der Waals surface area contributed by atoms with Gasteiger partial charge in [0.05, 0.1) is 42.7 Å². The predicted molar refractivity (Wildman–Crippen MR) is 215 cm³/mol. The van der Waals surface area contributed by atoms with Gasteiger partial charge in [-0.15, -0.1) is 18.2 Å². The molecule has 0 saturated heterocycles. The number of hydrogen-bond acceptors (Lipinski definition) is 9. The van der Waals surface area contributed by atoms with Crippen LogP contribution in [-0.4, -0.2) is 65.7 Å². The Bertz CT molecular complexity index is 1600. The summed E-state index contributed by atoms with van der Waals surface area (Å²) in [7, 11) is 9.83. The van der Waals surface area contributed by atoms with Crippen LogP contribution in [0, 0.1) is 46.5 Å². The SMILES string of the molecule is C.COc1cc(-c2cc[c-]o2)cc(OC)c1C.COc1cc(-c2cc[c-]o2)cc(OC)c1C.COc1cc(-c2cc[c-]o2)cc(OC)c1C.[CH2-]CCC.[Mg+2]. The average Bonchev–Trinajstić information content (AvgIpc) is 4.01. The summed E-state index contributed by atoms with van der Waals surface area (Å²) >= 11 is 0. The van der Waals surface area contributed by atoms with Crippen molar-refractivity contribution in [1.29, 1.82) is 0 Å². The van der Waals surface area contributed by atoms with Gasteiger partial charge in [0.25, 0.3) is 0 Å². The maximum Gasteiger partial charge on any atom is 2.00 e. The molecule has 3 heterocycles. The summed E-state index contributed by atoms with van der Waals surface area (Å²) in [6, 6.07) is 22.3. The number of furan rings is 3. The summed E-state index contributed by atoms with van der Waals surface area (Å²) in [5.41, 5.74) is 5.68. The minimum Gasteiger partial charge on any atom is -0.591 e. The van der Waals surface area contributed by atoms with Crippen molar-refractivity contribution in [2.75, 3.05) is 42.7 Å². The Morgan fingerprint density at radius 2 is 0.685 bits per heavy atom. The molecule has 3 aromatic heterocycles. The number of hydrogen-bond donors (Lipinski definition) is 0. The van der Waals surface area contributed by atoms with Gasteiger partial charge in [-0.1, -0.05) is 20.8 Å². The second-order valence-corrected chi connectivity index (χ2v) is 11.1. The Morgan fingerprint density at radius 3 is 0.815 bits per heavy atom. The van der Waals surface area contributed by atoms with Crippen LogP contribution in [0.1, 0.15) is 43.9 Å². The molecule has 0 unspecified atom stereocenters. The molecular weight excluding hydrogens is 697 g/mol. The molecule has 0 fully saturated rings. The molecule has 10 heteroatoms. The van der Waals surface area contributed by atoms with Crippen LogP contribution in [0.3, 0.4) is 0 Å². The zero-order valence-electron chi connectivity index (χ0n) is 32.4. The number of ether oxygens (including phenoxy) is 6. The van der Waals surface area contributed by atoms with E-state index in [0.29, 0.717) is 0 Å². The summed E-state index contributed by atoms with van der Waals surface area (Å²) in [6.07, 6.45) is 10.3. The van der Waals surface area contributed by atoms with Gasteiger partial charge in [-0.05, 0) is 110 Å². The third-order valence-corrected chi connectivity index (χ3v) is 7.88. The summed E-state index contributed by atoms with van der Waals surface area (Å²) in [4.78, 5) is 0. The van der Waals surface area contributed by atoms with Crippen LogP contribution < -0.4 is 28.4 Å². The Labute approximate surface area is 337 Å². The first-order valence-corrected chi connectivity index (χ1v) is 16.6. The molecule has 3 aromatic carbocycles. The van der Waals surface area contributed by atoms with Crippen molar-refractivity contribution >= 4 is 23.1 Å². The summed E-state index contributed by atoms with van der Waals surface area (Å²) in [5.74, 6) is 6.94. The third-order valence-electron chi connectivity index (χ3n) is 7.88. The summed E-state index contributed by atoms with van der Waals surface area (Å²) in [5, 5.41) is 0. The van der Waals surface area contributed by atoms with Crippen LogP contribution in [0.4, 0.5) is 0 Å². The molecule has 0 aliphatic carbocycles. The first-order valence-electron chi connectivity index (χ1n) is 16.6. The van der Waals surface area contributed by atoms with E-state index >= 15 is 0 Å². The van der Waals surface area contributed by atoms with Crippen molar-refractivity contribution in [3.8, 4) is 68.5 Å². The van der Waals surface area contributed by atoms with Gasteiger partial charge in [-0.3, -0.25) is 0 Å². The van der Waals surface area contributed by atoms with E-state index in [1.807, 2.05) is 75.4 Å². The maximum atomic E-state index is 5.29. The first kappa shape index (κ1) is 47.1. The Hall–Kier alpha value is -4.93. The molecule has 0 atom stereocenters. The molecular formula is C44H52MgO9-2. The fourth-order valence-corrected chi connectivity index (χ4v) is 4.87. The standard InChI is InChI=1S/3C13H13O3.C4H9.CH4.Mg/c3*1-9-12(14-2)7-10(8-13(9)15-3)11-5-4-6-16-11;1-3-4-2;;/h3*4-5,7-8H,1-3H3;1,3-4H2,2H3;1H4;/q4*-1;;+2. The van der Waals surface area contributed by atoms with E-state index in [0.717, 1.165) is 91.6 Å². The average molecular weight is 749 g/mol. The molecule has 0 bridgehead atoms. The van der Waals surface area contributed by atoms with Gasteiger partial charge in [0.2, 0.25) is 0 Å². The number of rotatable bonds is 10. The Morgan fingerprint density at radius 1 is 0.481 bits per heavy atom. The maximum absolute atomic E-state index is 5.29. The molecule has 0 spiro atoms. The summed E-state index contributed by atoms with van der Waals surface area (Å²) in [6.45, 7) is 11.6. The van der Waals surface area contributed by atoms with Crippen molar-refractivity contribution in [2.45, 2.75) is 48.0 Å². The molecule has 9 nitrogen and oxygen atoms in total. The Kier molecular flexibility index (Phi) is 21.3. The molecule has 0 aliphatic heterocycles. The molecule has 6 rings (SSSR count). The van der Waals surface area contributed by atoms with Crippen LogP contribution >= 0.6 is 0 Å². The molecule has 0 radical (unpaired) electrons. The van der Waals surface area contributed by atoms with Gasteiger partial charge in [-0.25, -0.2) is 0 Å². The van der Waals surface area contributed by atoms with Crippen LogP contribution in [0.2, 0.25) is 0 Å². The van der Waals surface area contributed by atoms with Crippen molar-refractivity contribution in [3.63, 3.8) is 0 Å². The van der Waals surface area contributed by atoms with E-state index in [2.05, 4.69) is 32.6 Å². The van der Waals surface area contributed by atoms with Crippen LogP contribution in [0.25, 0.3) is 34.0 Å². The van der Waals surface area contributed by atoms with Crippen molar-refractivity contribution in [2.24, 2.45) is 0 Å². The molecule has 0 saturated carbocycles. The van der Waals surface area contributed by atoms with Crippen molar-refractivity contribution in [1.82, 2.24) is 0 Å². The number of unbranched alkanes of at least 4 members (excludes halogenated alkanes) is 1. The topological polar surface area (TPSA) is 94.8 Å². The van der Waals surface area contributed by atoms with E-state index in [-0.39, 0.29) is 30.5 Å². The quantitative estimate of drug-likeness (QED) is 0.100.